The second-order valence-corrected chi connectivity index (χ2v) is 5.27. The van der Waals surface area contributed by atoms with Gasteiger partial charge in [0.15, 0.2) is 0 Å². The zero-order chi connectivity index (χ0) is 15.2. The molecular formula is C15H23N3O3. The molecule has 6 heteroatoms. The quantitative estimate of drug-likeness (QED) is 0.833. The summed E-state index contributed by atoms with van der Waals surface area (Å²) in [6.07, 6.45) is 3.77. The Labute approximate surface area is 125 Å². The molecule has 2 heterocycles. The van der Waals surface area contributed by atoms with Crippen LogP contribution in [-0.4, -0.2) is 44.4 Å². The molecule has 1 unspecified atom stereocenters. The molecule has 1 aromatic rings. The molecule has 0 saturated carbocycles. The number of ether oxygens (including phenoxy) is 2. The summed E-state index contributed by atoms with van der Waals surface area (Å²) in [6.45, 7) is 4.55. The first-order chi connectivity index (χ1) is 10.2. The van der Waals surface area contributed by atoms with Crippen molar-refractivity contribution in [1.82, 2.24) is 4.98 Å². The SMILES string of the molecule is CCOC(=O)c1cc(N)cnc1N1CCCC(COC)C1. The van der Waals surface area contributed by atoms with Gasteiger partial charge in [-0.25, -0.2) is 9.78 Å². The van der Waals surface area contributed by atoms with Gasteiger partial charge in [0, 0.05) is 20.2 Å². The fraction of sp³-hybridized carbons (Fsp3) is 0.600. The molecule has 1 fully saturated rings. The highest BCUT2D eigenvalue weighted by Crippen LogP contribution is 2.26. The van der Waals surface area contributed by atoms with Gasteiger partial charge in [-0.1, -0.05) is 0 Å². The predicted molar refractivity (Wildman–Crippen MR) is 81.4 cm³/mol. The van der Waals surface area contributed by atoms with Crippen molar-refractivity contribution in [3.05, 3.63) is 17.8 Å². The van der Waals surface area contributed by atoms with Gasteiger partial charge in [0.25, 0.3) is 0 Å². The van der Waals surface area contributed by atoms with E-state index in [2.05, 4.69) is 9.88 Å². The summed E-state index contributed by atoms with van der Waals surface area (Å²) in [5.74, 6) is 0.739. The Morgan fingerprint density at radius 1 is 1.57 bits per heavy atom. The van der Waals surface area contributed by atoms with E-state index in [9.17, 15) is 4.79 Å². The topological polar surface area (TPSA) is 77.7 Å². The van der Waals surface area contributed by atoms with Crippen LogP contribution < -0.4 is 10.6 Å². The third kappa shape index (κ3) is 3.85. The highest BCUT2D eigenvalue weighted by Gasteiger charge is 2.25. The van der Waals surface area contributed by atoms with Gasteiger partial charge in [-0.2, -0.15) is 0 Å². The number of rotatable bonds is 5. The number of esters is 1. The average Bonchev–Trinajstić information content (AvgIpc) is 2.48. The molecule has 116 valence electrons. The normalized spacial score (nSPS) is 18.6. The highest BCUT2D eigenvalue weighted by atomic mass is 16.5. The number of piperidine rings is 1. The maximum absolute atomic E-state index is 12.1. The number of aromatic nitrogens is 1. The number of anilines is 2. The third-order valence-electron chi connectivity index (χ3n) is 3.60. The molecule has 0 bridgehead atoms. The Kier molecular flexibility index (Phi) is 5.38. The predicted octanol–water partition coefficient (Wildman–Crippen LogP) is 1.70. The summed E-state index contributed by atoms with van der Waals surface area (Å²) in [6, 6.07) is 1.64. The van der Waals surface area contributed by atoms with Crippen LogP contribution in [0.2, 0.25) is 0 Å². The lowest BCUT2D eigenvalue weighted by Crippen LogP contribution is -2.38. The van der Waals surface area contributed by atoms with Gasteiger partial charge in [0.1, 0.15) is 11.4 Å². The zero-order valence-electron chi connectivity index (χ0n) is 12.7. The van der Waals surface area contributed by atoms with Gasteiger partial charge in [-0.3, -0.25) is 0 Å². The summed E-state index contributed by atoms with van der Waals surface area (Å²) in [5.41, 5.74) is 6.66. The van der Waals surface area contributed by atoms with E-state index in [0.717, 1.165) is 32.5 Å². The lowest BCUT2D eigenvalue weighted by molar-refractivity contribution is 0.0526. The van der Waals surface area contributed by atoms with Gasteiger partial charge >= 0.3 is 5.97 Å². The molecule has 0 radical (unpaired) electrons. The number of hydrogen-bond donors (Lipinski definition) is 1. The van der Waals surface area contributed by atoms with Crippen molar-refractivity contribution in [3.63, 3.8) is 0 Å². The van der Waals surface area contributed by atoms with Crippen molar-refractivity contribution >= 4 is 17.5 Å². The molecule has 2 rings (SSSR count). The molecule has 21 heavy (non-hydrogen) atoms. The van der Waals surface area contributed by atoms with Crippen molar-refractivity contribution in [2.24, 2.45) is 5.92 Å². The largest absolute Gasteiger partial charge is 0.462 e. The highest BCUT2D eigenvalue weighted by molar-refractivity contribution is 5.95. The van der Waals surface area contributed by atoms with Gasteiger partial charge < -0.3 is 20.1 Å². The molecule has 0 spiro atoms. The summed E-state index contributed by atoms with van der Waals surface area (Å²) in [7, 11) is 1.71. The molecule has 1 atom stereocenters. The maximum atomic E-state index is 12.1. The van der Waals surface area contributed by atoms with Crippen molar-refractivity contribution in [1.29, 1.82) is 0 Å². The number of carbonyl (C=O) groups is 1. The molecule has 1 saturated heterocycles. The van der Waals surface area contributed by atoms with E-state index in [1.165, 1.54) is 0 Å². The van der Waals surface area contributed by atoms with Crippen LogP contribution in [0.3, 0.4) is 0 Å². The first-order valence-electron chi connectivity index (χ1n) is 7.32. The van der Waals surface area contributed by atoms with Crippen LogP contribution >= 0.6 is 0 Å². The Morgan fingerprint density at radius 2 is 2.38 bits per heavy atom. The molecule has 0 amide bonds. The molecule has 1 aromatic heterocycles. The van der Waals surface area contributed by atoms with Crippen LogP contribution in [0.5, 0.6) is 0 Å². The van der Waals surface area contributed by atoms with E-state index in [0.29, 0.717) is 29.6 Å². The zero-order valence-corrected chi connectivity index (χ0v) is 12.7. The number of nitrogens with two attached hydrogens (primary N) is 1. The average molecular weight is 293 g/mol. The van der Waals surface area contributed by atoms with E-state index in [1.807, 2.05) is 0 Å². The number of nitrogens with zero attached hydrogens (tertiary/aromatic N) is 2. The van der Waals surface area contributed by atoms with Crippen molar-refractivity contribution in [3.8, 4) is 0 Å². The van der Waals surface area contributed by atoms with Crippen molar-refractivity contribution in [2.75, 3.05) is 44.0 Å². The summed E-state index contributed by atoms with van der Waals surface area (Å²) < 4.78 is 10.3. The summed E-state index contributed by atoms with van der Waals surface area (Å²) in [5, 5.41) is 0. The number of nitrogen functional groups attached to an aromatic ring is 1. The fourth-order valence-corrected chi connectivity index (χ4v) is 2.71. The fourth-order valence-electron chi connectivity index (χ4n) is 2.71. The Balaban J connectivity index is 2.23. The van der Waals surface area contributed by atoms with E-state index in [-0.39, 0.29) is 5.97 Å². The molecule has 2 N–H and O–H groups in total. The number of methoxy groups -OCH3 is 1. The standard InChI is InChI=1S/C15H23N3O3/c1-3-21-15(19)13-7-12(16)8-17-14(13)18-6-4-5-11(9-18)10-20-2/h7-8,11H,3-6,9-10,16H2,1-2H3. The summed E-state index contributed by atoms with van der Waals surface area (Å²) >= 11 is 0. The van der Waals surface area contributed by atoms with E-state index in [1.54, 1.807) is 26.3 Å². The smallest absolute Gasteiger partial charge is 0.341 e. The minimum Gasteiger partial charge on any atom is -0.462 e. The van der Waals surface area contributed by atoms with Crippen LogP contribution in [0.4, 0.5) is 11.5 Å². The van der Waals surface area contributed by atoms with E-state index >= 15 is 0 Å². The van der Waals surface area contributed by atoms with Gasteiger partial charge in [-0.15, -0.1) is 0 Å². The van der Waals surface area contributed by atoms with Crippen LogP contribution in [0, 0.1) is 5.92 Å². The monoisotopic (exact) mass is 293 g/mol. The first kappa shape index (κ1) is 15.6. The molecule has 0 aromatic carbocycles. The lowest BCUT2D eigenvalue weighted by Gasteiger charge is -2.34. The molecule has 6 nitrogen and oxygen atoms in total. The number of carbonyl (C=O) groups excluding carboxylic acids is 1. The van der Waals surface area contributed by atoms with E-state index in [4.69, 9.17) is 15.2 Å². The molecular weight excluding hydrogens is 270 g/mol. The first-order valence-corrected chi connectivity index (χ1v) is 7.32. The second kappa shape index (κ2) is 7.26. The molecule has 1 aliphatic rings. The third-order valence-corrected chi connectivity index (χ3v) is 3.60. The lowest BCUT2D eigenvalue weighted by atomic mass is 9.98. The second-order valence-electron chi connectivity index (χ2n) is 5.27. The number of hydrogen-bond acceptors (Lipinski definition) is 6. The van der Waals surface area contributed by atoms with Crippen molar-refractivity contribution < 1.29 is 14.3 Å². The molecule has 1 aliphatic heterocycles. The Bertz CT molecular complexity index is 491. The van der Waals surface area contributed by atoms with E-state index < -0.39 is 0 Å². The van der Waals surface area contributed by atoms with Gasteiger partial charge in [0.05, 0.1) is 25.1 Å². The Morgan fingerprint density at radius 3 is 3.10 bits per heavy atom. The minimum atomic E-state index is -0.374. The summed E-state index contributed by atoms with van der Waals surface area (Å²) in [4.78, 5) is 18.6. The van der Waals surface area contributed by atoms with Crippen LogP contribution in [0.1, 0.15) is 30.1 Å². The minimum absolute atomic E-state index is 0.333. The van der Waals surface area contributed by atoms with Crippen LogP contribution in [-0.2, 0) is 9.47 Å². The number of pyridine rings is 1. The molecule has 0 aliphatic carbocycles. The van der Waals surface area contributed by atoms with Crippen LogP contribution in [0.15, 0.2) is 12.3 Å². The van der Waals surface area contributed by atoms with Gasteiger partial charge in [0.2, 0.25) is 0 Å². The Hall–Kier alpha value is -1.82. The van der Waals surface area contributed by atoms with Gasteiger partial charge in [-0.05, 0) is 31.7 Å². The van der Waals surface area contributed by atoms with Crippen molar-refractivity contribution in [2.45, 2.75) is 19.8 Å². The maximum Gasteiger partial charge on any atom is 0.341 e. The van der Waals surface area contributed by atoms with Crippen LogP contribution in [0.25, 0.3) is 0 Å².